The minimum absolute atomic E-state index is 0.353. The lowest BCUT2D eigenvalue weighted by Crippen LogP contribution is -2.49. The monoisotopic (exact) mass is 374 g/mol. The molecule has 2 N–H and O–H groups in total. The molecule has 3 rings (SSSR count). The molecule has 1 aliphatic rings. The lowest BCUT2D eigenvalue weighted by atomic mass is 9.81. The molecule has 2 aromatic rings. The topological polar surface area (TPSA) is 75.1 Å². The van der Waals surface area contributed by atoms with E-state index in [2.05, 4.69) is 6.07 Å². The van der Waals surface area contributed by atoms with Crippen molar-refractivity contribution >= 4 is 17.6 Å². The second-order valence-electron chi connectivity index (χ2n) is 7.50. The number of rotatable bonds is 1. The summed E-state index contributed by atoms with van der Waals surface area (Å²) in [5.41, 5.74) is 7.24. The van der Waals surface area contributed by atoms with E-state index in [0.717, 1.165) is 0 Å². The predicted molar refractivity (Wildman–Crippen MR) is 98.0 cm³/mol. The Morgan fingerprint density at radius 1 is 1.38 bits per heavy atom. The van der Waals surface area contributed by atoms with Crippen molar-refractivity contribution < 1.29 is 9.18 Å². The van der Waals surface area contributed by atoms with Gasteiger partial charge < -0.3 is 15.2 Å². The largest absolute Gasteiger partial charge is 0.351 e. The Labute approximate surface area is 156 Å². The van der Waals surface area contributed by atoms with Crippen LogP contribution in [0.3, 0.4) is 0 Å². The zero-order valence-electron chi connectivity index (χ0n) is 14.9. The average Bonchev–Trinajstić information content (AvgIpc) is 2.85. The Hall–Kier alpha value is -2.52. The number of aromatic nitrogens is 1. The molecular formula is C19H20ClFN4O. The number of carbonyl (C=O) groups is 1. The van der Waals surface area contributed by atoms with Crippen molar-refractivity contribution in [3.63, 3.8) is 0 Å². The third-order valence-corrected chi connectivity index (χ3v) is 5.10. The highest BCUT2D eigenvalue weighted by Crippen LogP contribution is 2.47. The van der Waals surface area contributed by atoms with E-state index in [1.165, 1.54) is 12.1 Å². The zero-order chi connectivity index (χ0) is 19.2. The number of nitrogens with zero attached hydrogens (tertiary/aromatic N) is 3. The van der Waals surface area contributed by atoms with Gasteiger partial charge >= 0.3 is 6.03 Å². The highest BCUT2D eigenvalue weighted by atomic mass is 35.5. The molecule has 5 nitrogen and oxygen atoms in total. The van der Waals surface area contributed by atoms with Crippen molar-refractivity contribution in [1.29, 1.82) is 5.26 Å². The molecule has 0 saturated heterocycles. The molecule has 0 spiro atoms. The van der Waals surface area contributed by atoms with Crippen LogP contribution in [0.1, 0.15) is 38.1 Å². The van der Waals surface area contributed by atoms with Gasteiger partial charge in [0.25, 0.3) is 0 Å². The standard InChI is InChI=1S/C19H20ClFN4O/c1-19(2,3)16-15-13(10-22)14(11-5-4-6-12(21)9-11)17(20)24(15)7-8-25(16)18(23)26/h4-6,9,16H,7-8H2,1-3H3,(H2,23,26). The van der Waals surface area contributed by atoms with Gasteiger partial charge in [0.15, 0.2) is 0 Å². The van der Waals surface area contributed by atoms with E-state index in [1.54, 1.807) is 17.0 Å². The Kier molecular flexibility index (Phi) is 4.45. The van der Waals surface area contributed by atoms with E-state index >= 15 is 0 Å². The number of fused-ring (bicyclic) bond motifs is 1. The molecule has 136 valence electrons. The first kappa shape index (κ1) is 18.3. The van der Waals surface area contributed by atoms with Crippen molar-refractivity contribution in [2.45, 2.75) is 33.4 Å². The van der Waals surface area contributed by atoms with Gasteiger partial charge in [-0.3, -0.25) is 0 Å². The maximum atomic E-state index is 13.7. The third-order valence-electron chi connectivity index (χ3n) is 4.70. The van der Waals surface area contributed by atoms with Gasteiger partial charge in [0, 0.05) is 18.7 Å². The summed E-state index contributed by atoms with van der Waals surface area (Å²) in [4.78, 5) is 13.6. The Balaban J connectivity index is 2.32. The molecule has 0 bridgehead atoms. The third kappa shape index (κ3) is 2.82. The molecule has 0 saturated carbocycles. The van der Waals surface area contributed by atoms with Crippen molar-refractivity contribution in [3.8, 4) is 17.2 Å². The van der Waals surface area contributed by atoms with Gasteiger partial charge in [0.2, 0.25) is 0 Å². The summed E-state index contributed by atoms with van der Waals surface area (Å²) in [7, 11) is 0. The van der Waals surface area contributed by atoms with Crippen molar-refractivity contribution in [3.05, 3.63) is 46.5 Å². The van der Waals surface area contributed by atoms with Gasteiger partial charge in [-0.1, -0.05) is 44.5 Å². The van der Waals surface area contributed by atoms with Gasteiger partial charge in [-0.25, -0.2) is 9.18 Å². The van der Waals surface area contributed by atoms with Crippen LogP contribution in [0.4, 0.5) is 9.18 Å². The number of urea groups is 1. The van der Waals surface area contributed by atoms with Crippen molar-refractivity contribution in [1.82, 2.24) is 9.47 Å². The van der Waals surface area contributed by atoms with E-state index in [4.69, 9.17) is 17.3 Å². The highest BCUT2D eigenvalue weighted by Gasteiger charge is 2.42. The second-order valence-corrected chi connectivity index (χ2v) is 7.86. The zero-order valence-corrected chi connectivity index (χ0v) is 15.6. The number of nitrogens with two attached hydrogens (primary N) is 1. The fraction of sp³-hybridized carbons (Fsp3) is 0.368. The van der Waals surface area contributed by atoms with Crippen LogP contribution >= 0.6 is 11.6 Å². The number of hydrogen-bond acceptors (Lipinski definition) is 2. The van der Waals surface area contributed by atoms with E-state index in [9.17, 15) is 14.4 Å². The first-order chi connectivity index (χ1) is 12.2. The van der Waals surface area contributed by atoms with Crippen LogP contribution in [-0.2, 0) is 6.54 Å². The number of hydrogen-bond donors (Lipinski definition) is 1. The summed E-state index contributed by atoms with van der Waals surface area (Å²) in [6.45, 7) is 6.76. The summed E-state index contributed by atoms with van der Waals surface area (Å²) in [6, 6.07) is 7.26. The number of amides is 2. The first-order valence-corrected chi connectivity index (χ1v) is 8.68. The Morgan fingerprint density at radius 3 is 2.62 bits per heavy atom. The summed E-state index contributed by atoms with van der Waals surface area (Å²) in [5, 5.41) is 10.3. The lowest BCUT2D eigenvalue weighted by molar-refractivity contribution is 0.0979. The number of primary amides is 1. The molecule has 0 fully saturated rings. The fourth-order valence-electron chi connectivity index (χ4n) is 3.73. The quantitative estimate of drug-likeness (QED) is 0.807. The Morgan fingerprint density at radius 2 is 2.08 bits per heavy atom. The van der Waals surface area contributed by atoms with Gasteiger partial charge in [0.1, 0.15) is 17.0 Å². The molecule has 1 aromatic heterocycles. The maximum Gasteiger partial charge on any atom is 0.315 e. The highest BCUT2D eigenvalue weighted by molar-refractivity contribution is 6.33. The molecule has 26 heavy (non-hydrogen) atoms. The van der Waals surface area contributed by atoms with Crippen LogP contribution < -0.4 is 5.73 Å². The van der Waals surface area contributed by atoms with Crippen LogP contribution in [0.25, 0.3) is 11.1 Å². The van der Waals surface area contributed by atoms with Crippen LogP contribution in [0.5, 0.6) is 0 Å². The number of nitriles is 1. The maximum absolute atomic E-state index is 13.7. The predicted octanol–water partition coefficient (Wildman–Crippen LogP) is 4.30. The van der Waals surface area contributed by atoms with E-state index in [1.807, 2.05) is 25.3 Å². The molecule has 1 aliphatic heterocycles. The van der Waals surface area contributed by atoms with Crippen LogP contribution in [0, 0.1) is 22.6 Å². The number of halogens is 2. The van der Waals surface area contributed by atoms with E-state index in [-0.39, 0.29) is 5.41 Å². The van der Waals surface area contributed by atoms with Crippen LogP contribution in [0.15, 0.2) is 24.3 Å². The molecule has 0 aliphatic carbocycles. The number of carbonyl (C=O) groups excluding carboxylic acids is 1. The molecule has 7 heteroatoms. The molecule has 1 aromatic carbocycles. The van der Waals surface area contributed by atoms with Gasteiger partial charge in [-0.05, 0) is 23.1 Å². The minimum atomic E-state index is -0.537. The summed E-state index contributed by atoms with van der Waals surface area (Å²) in [5.74, 6) is -0.405. The number of benzene rings is 1. The molecule has 2 heterocycles. The van der Waals surface area contributed by atoms with Gasteiger partial charge in [-0.2, -0.15) is 5.26 Å². The lowest BCUT2D eigenvalue weighted by Gasteiger charge is -2.43. The normalized spacial score (nSPS) is 16.9. The summed E-state index contributed by atoms with van der Waals surface area (Å²) < 4.78 is 15.6. The van der Waals surface area contributed by atoms with Crippen molar-refractivity contribution in [2.24, 2.45) is 11.1 Å². The SMILES string of the molecule is CC(C)(C)C1c2c(C#N)c(-c3cccc(F)c3)c(Cl)n2CCN1C(N)=O. The van der Waals surface area contributed by atoms with E-state index in [0.29, 0.717) is 40.6 Å². The summed E-state index contributed by atoms with van der Waals surface area (Å²) in [6.07, 6.45) is 0. The first-order valence-electron chi connectivity index (χ1n) is 8.30. The Bertz CT molecular complexity index is 923. The van der Waals surface area contributed by atoms with E-state index < -0.39 is 17.9 Å². The van der Waals surface area contributed by atoms with Gasteiger partial charge in [0.05, 0.1) is 17.3 Å². The minimum Gasteiger partial charge on any atom is -0.351 e. The average molecular weight is 375 g/mol. The second kappa shape index (κ2) is 6.33. The van der Waals surface area contributed by atoms with Crippen LogP contribution in [0.2, 0.25) is 5.15 Å². The molecule has 1 unspecified atom stereocenters. The summed E-state index contributed by atoms with van der Waals surface area (Å²) >= 11 is 6.61. The van der Waals surface area contributed by atoms with Crippen LogP contribution in [-0.4, -0.2) is 22.0 Å². The molecule has 2 amide bonds. The van der Waals surface area contributed by atoms with Crippen molar-refractivity contribution in [2.75, 3.05) is 6.54 Å². The smallest absolute Gasteiger partial charge is 0.315 e. The fourth-order valence-corrected chi connectivity index (χ4v) is 4.11. The van der Waals surface area contributed by atoms with Gasteiger partial charge in [-0.15, -0.1) is 0 Å². The molecular weight excluding hydrogens is 355 g/mol. The molecule has 0 radical (unpaired) electrons. The molecule has 1 atom stereocenters.